The maximum Gasteiger partial charge on any atom is 0.316 e. The summed E-state index contributed by atoms with van der Waals surface area (Å²) in [5.41, 5.74) is 0. The third-order valence-electron chi connectivity index (χ3n) is 1.87. The van der Waals surface area contributed by atoms with E-state index in [1.807, 2.05) is 17.7 Å². The molecule has 4 nitrogen and oxygen atoms in total. The maximum atomic E-state index is 10.7. The van der Waals surface area contributed by atoms with E-state index in [9.17, 15) is 4.79 Å². The second-order valence-electron chi connectivity index (χ2n) is 2.91. The number of hydrogen-bond acceptors (Lipinski definition) is 3. The molecule has 0 bridgehead atoms. The number of imidazole rings is 1. The van der Waals surface area contributed by atoms with E-state index in [2.05, 4.69) is 4.98 Å². The summed E-state index contributed by atoms with van der Waals surface area (Å²) in [5.74, 6) is 0.0874. The summed E-state index contributed by atoms with van der Waals surface area (Å²) in [6.07, 6.45) is 6.01. The van der Waals surface area contributed by atoms with Gasteiger partial charge in [0.05, 0.1) is 6.33 Å². The molecule has 0 saturated heterocycles. The molecule has 5 heteroatoms. The van der Waals surface area contributed by atoms with Crippen molar-refractivity contribution in [2.45, 2.75) is 25.1 Å². The Labute approximate surface area is 87.3 Å². The predicted octanol–water partition coefficient (Wildman–Crippen LogP) is 1.48. The van der Waals surface area contributed by atoms with Gasteiger partial charge in [0, 0.05) is 24.7 Å². The number of carboxylic acids is 1. The van der Waals surface area contributed by atoms with Crippen molar-refractivity contribution in [2.75, 3.05) is 5.75 Å². The molecule has 1 heterocycles. The van der Waals surface area contributed by atoms with E-state index in [1.54, 1.807) is 12.5 Å². The van der Waals surface area contributed by atoms with Crippen LogP contribution in [0.15, 0.2) is 18.7 Å². The fourth-order valence-corrected chi connectivity index (χ4v) is 2.06. The molecule has 78 valence electrons. The molecule has 1 N–H and O–H groups in total. The maximum absolute atomic E-state index is 10.7. The average molecular weight is 214 g/mol. The Morgan fingerprint density at radius 2 is 2.50 bits per heavy atom. The van der Waals surface area contributed by atoms with Gasteiger partial charge in [-0.2, -0.15) is 0 Å². The highest BCUT2D eigenvalue weighted by Crippen LogP contribution is 2.14. The van der Waals surface area contributed by atoms with Crippen LogP contribution in [-0.4, -0.2) is 31.6 Å². The molecule has 0 aliphatic carbocycles. The number of aryl methyl sites for hydroxylation is 1. The highest BCUT2D eigenvalue weighted by molar-refractivity contribution is 8.00. The molecule has 1 aromatic heterocycles. The predicted molar refractivity (Wildman–Crippen MR) is 56.4 cm³/mol. The minimum atomic E-state index is -0.719. The second kappa shape index (κ2) is 5.70. The fourth-order valence-electron chi connectivity index (χ4n) is 1.08. The zero-order chi connectivity index (χ0) is 10.4. The standard InChI is InChI=1S/C9H14N2O2S/c1-2-8(9(12)13)14-6-5-11-4-3-10-7-11/h3-4,7-8H,2,5-6H2,1H3,(H,12,13). The quantitative estimate of drug-likeness (QED) is 0.779. The third kappa shape index (κ3) is 3.41. The summed E-state index contributed by atoms with van der Waals surface area (Å²) in [7, 11) is 0. The van der Waals surface area contributed by atoms with Crippen molar-refractivity contribution in [3.8, 4) is 0 Å². The molecule has 0 fully saturated rings. The number of hydrogen-bond donors (Lipinski definition) is 1. The minimum absolute atomic E-state index is 0.279. The highest BCUT2D eigenvalue weighted by atomic mass is 32.2. The Morgan fingerprint density at radius 1 is 1.71 bits per heavy atom. The van der Waals surface area contributed by atoms with Crippen molar-refractivity contribution >= 4 is 17.7 Å². The lowest BCUT2D eigenvalue weighted by molar-refractivity contribution is -0.136. The van der Waals surface area contributed by atoms with Gasteiger partial charge in [-0.05, 0) is 6.42 Å². The van der Waals surface area contributed by atoms with Crippen LogP contribution in [0.1, 0.15) is 13.3 Å². The van der Waals surface area contributed by atoms with E-state index in [1.165, 1.54) is 11.8 Å². The molecule has 1 rings (SSSR count). The van der Waals surface area contributed by atoms with E-state index in [-0.39, 0.29) is 5.25 Å². The minimum Gasteiger partial charge on any atom is -0.480 e. The Kier molecular flexibility index (Phi) is 4.52. The third-order valence-corrected chi connectivity index (χ3v) is 3.23. The molecule has 0 aliphatic heterocycles. The number of rotatable bonds is 6. The molecule has 1 unspecified atom stereocenters. The van der Waals surface area contributed by atoms with Crippen molar-refractivity contribution in [3.63, 3.8) is 0 Å². The molecule has 0 aromatic carbocycles. The molecule has 0 saturated carbocycles. The van der Waals surface area contributed by atoms with Crippen molar-refractivity contribution < 1.29 is 9.90 Å². The Hall–Kier alpha value is -0.970. The lowest BCUT2D eigenvalue weighted by Gasteiger charge is -2.08. The van der Waals surface area contributed by atoms with E-state index < -0.39 is 5.97 Å². The smallest absolute Gasteiger partial charge is 0.316 e. The number of aromatic nitrogens is 2. The normalized spacial score (nSPS) is 12.6. The molecular formula is C9H14N2O2S. The van der Waals surface area contributed by atoms with E-state index >= 15 is 0 Å². The summed E-state index contributed by atoms with van der Waals surface area (Å²) in [4.78, 5) is 14.6. The van der Waals surface area contributed by atoms with Gasteiger partial charge >= 0.3 is 5.97 Å². The lowest BCUT2D eigenvalue weighted by atomic mass is 10.3. The van der Waals surface area contributed by atoms with E-state index in [4.69, 9.17) is 5.11 Å². The van der Waals surface area contributed by atoms with Crippen LogP contribution in [0.25, 0.3) is 0 Å². The van der Waals surface area contributed by atoms with Gasteiger partial charge in [0.2, 0.25) is 0 Å². The highest BCUT2D eigenvalue weighted by Gasteiger charge is 2.14. The SMILES string of the molecule is CCC(SCCn1ccnc1)C(=O)O. The van der Waals surface area contributed by atoms with Gasteiger partial charge in [-0.3, -0.25) is 4.79 Å². The van der Waals surface area contributed by atoms with Crippen LogP contribution < -0.4 is 0 Å². The van der Waals surface area contributed by atoms with Crippen LogP contribution in [0.3, 0.4) is 0 Å². The number of carbonyl (C=O) groups is 1. The van der Waals surface area contributed by atoms with Gasteiger partial charge in [0.1, 0.15) is 5.25 Å². The fraction of sp³-hybridized carbons (Fsp3) is 0.556. The summed E-state index contributed by atoms with van der Waals surface area (Å²) >= 11 is 1.48. The summed E-state index contributed by atoms with van der Waals surface area (Å²) in [5, 5.41) is 8.51. The second-order valence-corrected chi connectivity index (χ2v) is 4.22. The first-order chi connectivity index (χ1) is 6.74. The Balaban J connectivity index is 2.23. The van der Waals surface area contributed by atoms with Crippen molar-refractivity contribution in [2.24, 2.45) is 0 Å². The largest absolute Gasteiger partial charge is 0.480 e. The van der Waals surface area contributed by atoms with Gasteiger partial charge in [-0.1, -0.05) is 6.92 Å². The molecule has 0 spiro atoms. The van der Waals surface area contributed by atoms with Gasteiger partial charge in [-0.15, -0.1) is 11.8 Å². The number of carboxylic acid groups (broad SMARTS) is 1. The van der Waals surface area contributed by atoms with Gasteiger partial charge in [0.15, 0.2) is 0 Å². The molecule has 0 radical (unpaired) electrons. The molecule has 1 aromatic rings. The molecular weight excluding hydrogens is 200 g/mol. The molecule has 0 aliphatic rings. The number of aliphatic carboxylic acids is 1. The van der Waals surface area contributed by atoms with Crippen LogP contribution in [-0.2, 0) is 11.3 Å². The number of thioether (sulfide) groups is 1. The van der Waals surface area contributed by atoms with Gasteiger partial charge in [-0.25, -0.2) is 4.98 Å². The van der Waals surface area contributed by atoms with E-state index in [0.29, 0.717) is 6.42 Å². The van der Waals surface area contributed by atoms with Crippen molar-refractivity contribution in [1.82, 2.24) is 9.55 Å². The van der Waals surface area contributed by atoms with Crippen LogP contribution >= 0.6 is 11.8 Å². The van der Waals surface area contributed by atoms with Gasteiger partial charge < -0.3 is 9.67 Å². The Morgan fingerprint density at radius 3 is 3.00 bits per heavy atom. The summed E-state index contributed by atoms with van der Waals surface area (Å²) < 4.78 is 1.95. The van der Waals surface area contributed by atoms with Crippen molar-refractivity contribution in [3.05, 3.63) is 18.7 Å². The molecule has 0 amide bonds. The monoisotopic (exact) mass is 214 g/mol. The first-order valence-electron chi connectivity index (χ1n) is 4.54. The van der Waals surface area contributed by atoms with E-state index in [0.717, 1.165) is 12.3 Å². The van der Waals surface area contributed by atoms with Crippen LogP contribution in [0, 0.1) is 0 Å². The van der Waals surface area contributed by atoms with Crippen LogP contribution in [0.2, 0.25) is 0 Å². The van der Waals surface area contributed by atoms with Crippen molar-refractivity contribution in [1.29, 1.82) is 0 Å². The average Bonchev–Trinajstić information content (AvgIpc) is 2.64. The van der Waals surface area contributed by atoms with Crippen LogP contribution in [0.5, 0.6) is 0 Å². The Bertz CT molecular complexity index is 274. The first-order valence-corrected chi connectivity index (χ1v) is 5.59. The summed E-state index contributed by atoms with van der Waals surface area (Å²) in [6.45, 7) is 2.71. The lowest BCUT2D eigenvalue weighted by Crippen LogP contribution is -2.16. The van der Waals surface area contributed by atoms with Gasteiger partial charge in [0.25, 0.3) is 0 Å². The summed E-state index contributed by atoms with van der Waals surface area (Å²) in [6, 6.07) is 0. The van der Waals surface area contributed by atoms with Crippen LogP contribution in [0.4, 0.5) is 0 Å². The topological polar surface area (TPSA) is 55.1 Å². The zero-order valence-electron chi connectivity index (χ0n) is 8.09. The molecule has 14 heavy (non-hydrogen) atoms. The molecule has 1 atom stereocenters. The number of nitrogens with zero attached hydrogens (tertiary/aromatic N) is 2. The first kappa shape index (κ1) is 11.1. The zero-order valence-corrected chi connectivity index (χ0v) is 8.91.